The average Bonchev–Trinajstić information content (AvgIpc) is 2.94. The molecule has 1 N–H and O–H groups in total. The summed E-state index contributed by atoms with van der Waals surface area (Å²) >= 11 is 13.6. The molecular formula is C15H14Cl2OS. The number of benzene rings is 1. The van der Waals surface area contributed by atoms with Crippen molar-refractivity contribution in [3.05, 3.63) is 55.2 Å². The first-order valence-electron chi connectivity index (χ1n) is 6.37. The maximum absolute atomic E-state index is 10.3. The highest BCUT2D eigenvalue weighted by molar-refractivity contribution is 7.12. The first-order valence-corrected chi connectivity index (χ1v) is 7.94. The van der Waals surface area contributed by atoms with Gasteiger partial charge >= 0.3 is 0 Å². The van der Waals surface area contributed by atoms with Crippen molar-refractivity contribution < 1.29 is 5.11 Å². The number of halogens is 2. The standard InChI is InChI=1S/C15H14Cl2OS/c16-11-5-4-9(6-12(11)17)7-13(18)15-8-10-2-1-3-14(10)19-15/h4-6,8,13,18H,1-3,7H2. The molecular weight excluding hydrogens is 299 g/mol. The fraction of sp³-hybridized carbons (Fsp3) is 0.333. The van der Waals surface area contributed by atoms with E-state index in [0.29, 0.717) is 16.5 Å². The van der Waals surface area contributed by atoms with E-state index >= 15 is 0 Å². The number of fused-ring (bicyclic) bond motifs is 1. The third-order valence-electron chi connectivity index (χ3n) is 3.51. The molecule has 3 rings (SSSR count). The molecule has 1 aliphatic carbocycles. The van der Waals surface area contributed by atoms with Crippen LogP contribution in [0.2, 0.25) is 10.0 Å². The highest BCUT2D eigenvalue weighted by atomic mass is 35.5. The molecule has 0 saturated carbocycles. The van der Waals surface area contributed by atoms with Gasteiger partial charge in [0.05, 0.1) is 16.1 Å². The van der Waals surface area contributed by atoms with Crippen molar-refractivity contribution >= 4 is 34.5 Å². The Hall–Kier alpha value is -0.540. The molecule has 1 unspecified atom stereocenters. The van der Waals surface area contributed by atoms with Crippen LogP contribution in [0.15, 0.2) is 24.3 Å². The Morgan fingerprint density at radius 3 is 2.74 bits per heavy atom. The van der Waals surface area contributed by atoms with E-state index in [9.17, 15) is 5.11 Å². The van der Waals surface area contributed by atoms with E-state index in [1.165, 1.54) is 23.3 Å². The van der Waals surface area contributed by atoms with E-state index in [2.05, 4.69) is 6.07 Å². The number of hydrogen-bond acceptors (Lipinski definition) is 2. The summed E-state index contributed by atoms with van der Waals surface area (Å²) in [6, 6.07) is 7.68. The molecule has 1 heterocycles. The van der Waals surface area contributed by atoms with E-state index in [4.69, 9.17) is 23.2 Å². The van der Waals surface area contributed by atoms with Gasteiger partial charge in [0.15, 0.2) is 0 Å². The Labute approximate surface area is 126 Å². The van der Waals surface area contributed by atoms with Gasteiger partial charge in [-0.3, -0.25) is 0 Å². The van der Waals surface area contributed by atoms with Crippen molar-refractivity contribution in [1.82, 2.24) is 0 Å². The maximum Gasteiger partial charge on any atom is 0.0922 e. The van der Waals surface area contributed by atoms with Crippen molar-refractivity contribution in [1.29, 1.82) is 0 Å². The van der Waals surface area contributed by atoms with Crippen LogP contribution in [-0.4, -0.2) is 5.11 Å². The first-order chi connectivity index (χ1) is 9.13. The van der Waals surface area contributed by atoms with E-state index < -0.39 is 6.10 Å². The van der Waals surface area contributed by atoms with Gasteiger partial charge in [0.1, 0.15) is 0 Å². The second kappa shape index (κ2) is 5.45. The summed E-state index contributed by atoms with van der Waals surface area (Å²) in [6.07, 6.45) is 3.71. The molecule has 2 aromatic rings. The molecule has 4 heteroatoms. The molecule has 0 aliphatic heterocycles. The summed E-state index contributed by atoms with van der Waals surface area (Å²) in [6.45, 7) is 0. The van der Waals surface area contributed by atoms with Gasteiger partial charge in [0.2, 0.25) is 0 Å². The van der Waals surface area contributed by atoms with Crippen LogP contribution >= 0.6 is 34.5 Å². The van der Waals surface area contributed by atoms with Gasteiger partial charge in [-0.25, -0.2) is 0 Å². The Morgan fingerprint density at radius 2 is 2.00 bits per heavy atom. The summed E-state index contributed by atoms with van der Waals surface area (Å²) in [5.41, 5.74) is 2.43. The van der Waals surface area contributed by atoms with Crippen molar-refractivity contribution in [2.45, 2.75) is 31.8 Å². The van der Waals surface area contributed by atoms with Crippen LogP contribution in [-0.2, 0) is 19.3 Å². The van der Waals surface area contributed by atoms with Crippen LogP contribution in [0.25, 0.3) is 0 Å². The molecule has 0 amide bonds. The zero-order valence-electron chi connectivity index (χ0n) is 10.3. The number of aliphatic hydroxyl groups is 1. The minimum atomic E-state index is -0.451. The average molecular weight is 313 g/mol. The van der Waals surface area contributed by atoms with E-state index in [1.807, 2.05) is 12.1 Å². The highest BCUT2D eigenvalue weighted by Crippen LogP contribution is 2.35. The number of hydrogen-bond donors (Lipinski definition) is 1. The molecule has 0 spiro atoms. The molecule has 0 fully saturated rings. The van der Waals surface area contributed by atoms with E-state index in [-0.39, 0.29) is 0 Å². The maximum atomic E-state index is 10.3. The Bertz CT molecular complexity index is 585. The molecule has 100 valence electrons. The normalized spacial score (nSPS) is 15.5. The molecule has 1 atom stereocenters. The molecule has 1 nitrogen and oxygen atoms in total. The van der Waals surface area contributed by atoms with Crippen molar-refractivity contribution in [3.8, 4) is 0 Å². The lowest BCUT2D eigenvalue weighted by molar-refractivity contribution is 0.182. The monoisotopic (exact) mass is 312 g/mol. The first kappa shape index (κ1) is 13.4. The van der Waals surface area contributed by atoms with Gasteiger partial charge in [0, 0.05) is 16.2 Å². The van der Waals surface area contributed by atoms with Crippen LogP contribution in [0, 0.1) is 0 Å². The fourth-order valence-corrected chi connectivity index (χ4v) is 4.07. The third-order valence-corrected chi connectivity index (χ3v) is 5.58. The lowest BCUT2D eigenvalue weighted by Crippen LogP contribution is -1.99. The van der Waals surface area contributed by atoms with Gasteiger partial charge in [-0.2, -0.15) is 0 Å². The van der Waals surface area contributed by atoms with Gasteiger partial charge in [-0.1, -0.05) is 29.3 Å². The fourth-order valence-electron chi connectivity index (χ4n) is 2.51. The molecule has 0 saturated heterocycles. The molecule has 19 heavy (non-hydrogen) atoms. The minimum Gasteiger partial charge on any atom is -0.387 e. The Kier molecular flexibility index (Phi) is 3.86. The molecule has 1 aliphatic rings. The Morgan fingerprint density at radius 1 is 1.16 bits per heavy atom. The van der Waals surface area contributed by atoms with Crippen LogP contribution in [0.1, 0.15) is 33.4 Å². The summed E-state index contributed by atoms with van der Waals surface area (Å²) in [5.74, 6) is 0. The summed E-state index contributed by atoms with van der Waals surface area (Å²) in [4.78, 5) is 2.51. The molecule has 0 radical (unpaired) electrons. The highest BCUT2D eigenvalue weighted by Gasteiger charge is 2.19. The number of aliphatic hydroxyl groups excluding tert-OH is 1. The predicted molar refractivity (Wildman–Crippen MR) is 81.5 cm³/mol. The SMILES string of the molecule is OC(Cc1ccc(Cl)c(Cl)c1)c1cc2c(s1)CCC2. The molecule has 0 bridgehead atoms. The van der Waals surface area contributed by atoms with Gasteiger partial charge < -0.3 is 5.11 Å². The van der Waals surface area contributed by atoms with Crippen LogP contribution < -0.4 is 0 Å². The summed E-state index contributed by atoms with van der Waals surface area (Å²) < 4.78 is 0. The number of aryl methyl sites for hydroxylation is 2. The van der Waals surface area contributed by atoms with E-state index in [0.717, 1.165) is 16.9 Å². The smallest absolute Gasteiger partial charge is 0.0922 e. The van der Waals surface area contributed by atoms with Crippen LogP contribution in [0.3, 0.4) is 0 Å². The third kappa shape index (κ3) is 2.82. The Balaban J connectivity index is 1.76. The topological polar surface area (TPSA) is 20.2 Å². The van der Waals surface area contributed by atoms with Crippen molar-refractivity contribution in [3.63, 3.8) is 0 Å². The minimum absolute atomic E-state index is 0.451. The van der Waals surface area contributed by atoms with Gasteiger partial charge in [-0.15, -0.1) is 11.3 Å². The van der Waals surface area contributed by atoms with E-state index in [1.54, 1.807) is 17.4 Å². The lowest BCUT2D eigenvalue weighted by Gasteiger charge is -2.09. The van der Waals surface area contributed by atoms with Gasteiger partial charge in [-0.05, 0) is 48.6 Å². The van der Waals surface area contributed by atoms with Gasteiger partial charge in [0.25, 0.3) is 0 Å². The van der Waals surface area contributed by atoms with Crippen molar-refractivity contribution in [2.75, 3.05) is 0 Å². The van der Waals surface area contributed by atoms with Crippen LogP contribution in [0.5, 0.6) is 0 Å². The number of thiophene rings is 1. The zero-order chi connectivity index (χ0) is 13.4. The predicted octanol–water partition coefficient (Wildman–Crippen LogP) is 4.82. The second-order valence-corrected chi connectivity index (χ2v) is 6.90. The van der Waals surface area contributed by atoms with Crippen LogP contribution in [0.4, 0.5) is 0 Å². The zero-order valence-corrected chi connectivity index (χ0v) is 12.7. The largest absolute Gasteiger partial charge is 0.387 e. The van der Waals surface area contributed by atoms with Crippen molar-refractivity contribution in [2.24, 2.45) is 0 Å². The summed E-state index contributed by atoms with van der Waals surface area (Å²) in [7, 11) is 0. The molecule has 1 aromatic heterocycles. The molecule has 1 aromatic carbocycles. The summed E-state index contributed by atoms with van der Waals surface area (Å²) in [5, 5.41) is 11.4. The quantitative estimate of drug-likeness (QED) is 0.861. The lowest BCUT2D eigenvalue weighted by atomic mass is 10.1. The second-order valence-electron chi connectivity index (χ2n) is 4.92. The number of rotatable bonds is 3.